The second-order valence-electron chi connectivity index (χ2n) is 4.04. The van der Waals surface area contributed by atoms with Gasteiger partial charge in [-0.3, -0.25) is 0 Å². The Hall–Kier alpha value is 0.310. The van der Waals surface area contributed by atoms with E-state index < -0.39 is 0 Å². The predicted octanol–water partition coefficient (Wildman–Crippen LogP) is 2.13. The van der Waals surface area contributed by atoms with Crippen LogP contribution in [0.4, 0.5) is 0 Å². The zero-order valence-electron chi connectivity index (χ0n) is 7.81. The molecule has 1 fully saturated rings. The Morgan fingerprint density at radius 1 is 1.45 bits per heavy atom. The average molecular weight is 173 g/mol. The largest absolute Gasteiger partial charge is 0.315 e. The molecule has 0 aliphatic heterocycles. The van der Waals surface area contributed by atoms with Crippen LogP contribution in [0.2, 0.25) is 0 Å². The van der Waals surface area contributed by atoms with Crippen LogP contribution in [0.25, 0.3) is 0 Å². The highest BCUT2D eigenvalue weighted by Crippen LogP contribution is 2.28. The monoisotopic (exact) mass is 173 g/mol. The molecule has 0 aromatic rings. The molecule has 0 aromatic heterocycles. The normalized spacial score (nSPS) is 18.8. The lowest BCUT2D eigenvalue weighted by Crippen LogP contribution is -2.33. The van der Waals surface area contributed by atoms with Crippen molar-refractivity contribution in [2.75, 3.05) is 19.3 Å². The Morgan fingerprint density at radius 2 is 2.09 bits per heavy atom. The highest BCUT2D eigenvalue weighted by Gasteiger charge is 2.22. The maximum atomic E-state index is 3.52. The van der Waals surface area contributed by atoms with Gasteiger partial charge in [-0.1, -0.05) is 0 Å². The molecule has 0 heterocycles. The van der Waals surface area contributed by atoms with Crippen molar-refractivity contribution in [1.29, 1.82) is 0 Å². The molecule has 1 nitrogen and oxygen atoms in total. The van der Waals surface area contributed by atoms with E-state index in [1.54, 1.807) is 0 Å². The van der Waals surface area contributed by atoms with Gasteiger partial charge >= 0.3 is 0 Å². The first-order valence-electron chi connectivity index (χ1n) is 4.40. The van der Waals surface area contributed by atoms with Gasteiger partial charge in [0, 0.05) is 11.3 Å². The maximum absolute atomic E-state index is 3.52. The van der Waals surface area contributed by atoms with Gasteiger partial charge in [-0.05, 0) is 45.4 Å². The van der Waals surface area contributed by atoms with E-state index in [0.29, 0.717) is 4.75 Å². The minimum absolute atomic E-state index is 0.412. The molecular weight excluding hydrogens is 154 g/mol. The number of nitrogens with one attached hydrogen (secondary N) is 1. The highest BCUT2D eigenvalue weighted by atomic mass is 32.2. The van der Waals surface area contributed by atoms with Gasteiger partial charge in [0.15, 0.2) is 0 Å². The van der Waals surface area contributed by atoms with Gasteiger partial charge in [-0.25, -0.2) is 0 Å². The Bertz CT molecular complexity index is 119. The third-order valence-electron chi connectivity index (χ3n) is 2.23. The standard InChI is InChI=1S/C9H19NS/c1-9(2,11-3)7-10-6-8-4-5-8/h8,10H,4-7H2,1-3H3. The summed E-state index contributed by atoms with van der Waals surface area (Å²) >= 11 is 1.94. The molecule has 0 aromatic carbocycles. The fraction of sp³-hybridized carbons (Fsp3) is 1.00. The Morgan fingerprint density at radius 3 is 2.55 bits per heavy atom. The molecule has 1 saturated carbocycles. The van der Waals surface area contributed by atoms with Crippen LogP contribution < -0.4 is 5.32 Å². The van der Waals surface area contributed by atoms with Crippen LogP contribution >= 0.6 is 11.8 Å². The van der Waals surface area contributed by atoms with Crippen LogP contribution in [-0.2, 0) is 0 Å². The van der Waals surface area contributed by atoms with Gasteiger partial charge in [0.1, 0.15) is 0 Å². The van der Waals surface area contributed by atoms with Crippen molar-refractivity contribution in [3.63, 3.8) is 0 Å². The molecule has 11 heavy (non-hydrogen) atoms. The van der Waals surface area contributed by atoms with Crippen molar-refractivity contribution >= 4 is 11.8 Å². The van der Waals surface area contributed by atoms with Crippen LogP contribution in [0.5, 0.6) is 0 Å². The van der Waals surface area contributed by atoms with Crippen molar-refractivity contribution < 1.29 is 0 Å². The fourth-order valence-corrected chi connectivity index (χ4v) is 1.22. The summed E-state index contributed by atoms with van der Waals surface area (Å²) in [6, 6.07) is 0. The molecule has 1 aliphatic carbocycles. The number of thioether (sulfide) groups is 1. The van der Waals surface area contributed by atoms with E-state index in [1.165, 1.54) is 19.4 Å². The summed E-state index contributed by atoms with van der Waals surface area (Å²) in [7, 11) is 0. The predicted molar refractivity (Wildman–Crippen MR) is 53.2 cm³/mol. The van der Waals surface area contributed by atoms with E-state index in [1.807, 2.05) is 11.8 Å². The lowest BCUT2D eigenvalue weighted by molar-refractivity contribution is 0.569. The van der Waals surface area contributed by atoms with Crippen molar-refractivity contribution in [1.82, 2.24) is 5.32 Å². The van der Waals surface area contributed by atoms with Crippen LogP contribution in [0, 0.1) is 5.92 Å². The molecule has 0 spiro atoms. The minimum atomic E-state index is 0.412. The summed E-state index contributed by atoms with van der Waals surface area (Å²) in [5.41, 5.74) is 0. The van der Waals surface area contributed by atoms with E-state index in [4.69, 9.17) is 0 Å². The summed E-state index contributed by atoms with van der Waals surface area (Å²) < 4.78 is 0.412. The summed E-state index contributed by atoms with van der Waals surface area (Å²) in [5.74, 6) is 1.01. The van der Waals surface area contributed by atoms with Crippen molar-refractivity contribution in [2.24, 2.45) is 5.92 Å². The molecule has 0 radical (unpaired) electrons. The number of hydrogen-bond donors (Lipinski definition) is 1. The van der Waals surface area contributed by atoms with Crippen molar-refractivity contribution in [3.8, 4) is 0 Å². The first-order chi connectivity index (χ1) is 5.14. The van der Waals surface area contributed by atoms with Crippen LogP contribution in [0.3, 0.4) is 0 Å². The third-order valence-corrected chi connectivity index (χ3v) is 3.48. The van der Waals surface area contributed by atoms with Crippen LogP contribution in [-0.4, -0.2) is 24.1 Å². The summed E-state index contributed by atoms with van der Waals surface area (Å²) in [6.07, 6.45) is 5.08. The smallest absolute Gasteiger partial charge is 0.0225 e. The number of hydrogen-bond acceptors (Lipinski definition) is 2. The average Bonchev–Trinajstić information content (AvgIpc) is 2.71. The molecule has 66 valence electrons. The summed E-state index contributed by atoms with van der Waals surface area (Å²) in [4.78, 5) is 0. The molecule has 0 saturated heterocycles. The third kappa shape index (κ3) is 4.02. The van der Waals surface area contributed by atoms with Crippen LogP contribution in [0.15, 0.2) is 0 Å². The molecule has 1 aliphatic rings. The molecule has 0 atom stereocenters. The fourth-order valence-electron chi connectivity index (χ4n) is 0.971. The van der Waals surface area contributed by atoms with Gasteiger partial charge in [0.2, 0.25) is 0 Å². The molecular formula is C9H19NS. The molecule has 0 bridgehead atoms. The molecule has 1 rings (SSSR count). The molecule has 2 heteroatoms. The molecule has 0 unspecified atom stereocenters. The maximum Gasteiger partial charge on any atom is 0.0225 e. The summed E-state index contributed by atoms with van der Waals surface area (Å²) in [6.45, 7) is 6.96. The van der Waals surface area contributed by atoms with E-state index in [-0.39, 0.29) is 0 Å². The second kappa shape index (κ2) is 3.81. The van der Waals surface area contributed by atoms with E-state index in [9.17, 15) is 0 Å². The SMILES string of the molecule is CSC(C)(C)CNCC1CC1. The quantitative estimate of drug-likeness (QED) is 0.683. The molecule has 0 amide bonds. The van der Waals surface area contributed by atoms with Crippen molar-refractivity contribution in [3.05, 3.63) is 0 Å². The highest BCUT2D eigenvalue weighted by molar-refractivity contribution is 7.99. The van der Waals surface area contributed by atoms with Crippen LogP contribution in [0.1, 0.15) is 26.7 Å². The lowest BCUT2D eigenvalue weighted by Gasteiger charge is -2.22. The Kier molecular flexibility index (Phi) is 3.26. The zero-order valence-corrected chi connectivity index (χ0v) is 8.63. The van der Waals surface area contributed by atoms with Gasteiger partial charge in [0.25, 0.3) is 0 Å². The van der Waals surface area contributed by atoms with E-state index in [0.717, 1.165) is 12.5 Å². The Labute approximate surface area is 74.3 Å². The first-order valence-corrected chi connectivity index (χ1v) is 5.62. The topological polar surface area (TPSA) is 12.0 Å². The summed E-state index contributed by atoms with van der Waals surface area (Å²) in [5, 5.41) is 3.52. The molecule has 1 N–H and O–H groups in total. The van der Waals surface area contributed by atoms with Gasteiger partial charge in [-0.2, -0.15) is 11.8 Å². The second-order valence-corrected chi connectivity index (χ2v) is 5.55. The van der Waals surface area contributed by atoms with E-state index in [2.05, 4.69) is 25.4 Å². The van der Waals surface area contributed by atoms with Gasteiger partial charge in [-0.15, -0.1) is 0 Å². The first kappa shape index (κ1) is 9.40. The minimum Gasteiger partial charge on any atom is -0.315 e. The zero-order chi connectivity index (χ0) is 8.32. The van der Waals surface area contributed by atoms with Gasteiger partial charge in [0.05, 0.1) is 0 Å². The number of rotatable bonds is 5. The van der Waals surface area contributed by atoms with Gasteiger partial charge < -0.3 is 5.32 Å². The lowest BCUT2D eigenvalue weighted by atomic mass is 10.2. The Balaban J connectivity index is 1.99. The van der Waals surface area contributed by atoms with E-state index >= 15 is 0 Å². The van der Waals surface area contributed by atoms with Crippen molar-refractivity contribution in [2.45, 2.75) is 31.4 Å².